The Labute approximate surface area is 86.0 Å². The van der Waals surface area contributed by atoms with Crippen LogP contribution in [0.15, 0.2) is 29.3 Å². The van der Waals surface area contributed by atoms with Gasteiger partial charge in [0, 0.05) is 5.69 Å². The molecule has 1 fully saturated rings. The molecule has 2 rings (SSSR count). The molecule has 0 spiro atoms. The van der Waals surface area contributed by atoms with E-state index in [1.165, 1.54) is 11.0 Å². The second-order valence-corrected chi connectivity index (χ2v) is 2.99. The molecule has 0 atom stereocenters. The molecular formula is C10H8N2O3. The molecule has 1 aliphatic rings. The van der Waals surface area contributed by atoms with Crippen LogP contribution in [0.5, 0.6) is 0 Å². The molecule has 0 N–H and O–H groups in total. The number of aliphatic imine (C=N–C) groups is 1. The van der Waals surface area contributed by atoms with E-state index in [0.717, 1.165) is 0 Å². The van der Waals surface area contributed by atoms with Gasteiger partial charge in [-0.05, 0) is 18.2 Å². The Balaban J connectivity index is 2.31. The topological polar surface area (TPSA) is 59.0 Å². The minimum absolute atomic E-state index is 0.373. The highest BCUT2D eigenvalue weighted by Gasteiger charge is 2.23. The van der Waals surface area contributed by atoms with Crippen molar-refractivity contribution in [3.05, 3.63) is 24.3 Å². The molecule has 5 nitrogen and oxygen atoms in total. The molecule has 0 bridgehead atoms. The van der Waals surface area contributed by atoms with Crippen LogP contribution in [0.2, 0.25) is 0 Å². The number of carbonyl (C=O) groups is 1. The van der Waals surface area contributed by atoms with Crippen LogP contribution >= 0.6 is 0 Å². The lowest BCUT2D eigenvalue weighted by molar-refractivity contribution is 0.181. The van der Waals surface area contributed by atoms with E-state index in [4.69, 9.17) is 4.74 Å². The van der Waals surface area contributed by atoms with Crippen molar-refractivity contribution >= 4 is 23.5 Å². The van der Waals surface area contributed by atoms with Gasteiger partial charge in [-0.25, -0.2) is 9.59 Å². The molecule has 15 heavy (non-hydrogen) atoms. The summed E-state index contributed by atoms with van der Waals surface area (Å²) in [4.78, 5) is 26.3. The van der Waals surface area contributed by atoms with E-state index in [1.54, 1.807) is 24.3 Å². The fourth-order valence-electron chi connectivity index (χ4n) is 1.41. The number of isocyanates is 1. The van der Waals surface area contributed by atoms with Crippen molar-refractivity contribution in [1.82, 2.24) is 0 Å². The van der Waals surface area contributed by atoms with E-state index in [1.807, 2.05) is 0 Å². The fourth-order valence-corrected chi connectivity index (χ4v) is 1.41. The second kappa shape index (κ2) is 3.94. The number of hydrogen-bond acceptors (Lipinski definition) is 4. The van der Waals surface area contributed by atoms with Crippen molar-refractivity contribution < 1.29 is 14.3 Å². The van der Waals surface area contributed by atoms with Crippen molar-refractivity contribution in [2.45, 2.75) is 0 Å². The minimum Gasteiger partial charge on any atom is -0.447 e. The summed E-state index contributed by atoms with van der Waals surface area (Å²) in [6.07, 6.45) is 1.08. The number of rotatable bonds is 2. The summed E-state index contributed by atoms with van der Waals surface area (Å²) in [6, 6.07) is 6.78. The SMILES string of the molecule is O=C=Nc1cccc(N2CCOC2=O)c1. The summed E-state index contributed by atoms with van der Waals surface area (Å²) in [5.74, 6) is 0. The van der Waals surface area contributed by atoms with Gasteiger partial charge in [0.25, 0.3) is 0 Å². The summed E-state index contributed by atoms with van der Waals surface area (Å²) in [5.41, 5.74) is 1.15. The van der Waals surface area contributed by atoms with Gasteiger partial charge in [0.2, 0.25) is 6.08 Å². The number of benzene rings is 1. The number of amides is 1. The van der Waals surface area contributed by atoms with Gasteiger partial charge in [-0.1, -0.05) is 6.07 Å². The minimum atomic E-state index is -0.373. The normalized spacial score (nSPS) is 14.7. The Morgan fingerprint density at radius 3 is 3.00 bits per heavy atom. The summed E-state index contributed by atoms with van der Waals surface area (Å²) in [7, 11) is 0. The largest absolute Gasteiger partial charge is 0.447 e. The molecule has 1 aliphatic heterocycles. The highest BCUT2D eigenvalue weighted by Crippen LogP contribution is 2.23. The van der Waals surface area contributed by atoms with Crippen LogP contribution in [0.1, 0.15) is 0 Å². The molecule has 1 heterocycles. The van der Waals surface area contributed by atoms with E-state index >= 15 is 0 Å². The third-order valence-corrected chi connectivity index (χ3v) is 2.08. The molecule has 5 heteroatoms. The molecule has 76 valence electrons. The van der Waals surface area contributed by atoms with E-state index in [-0.39, 0.29) is 6.09 Å². The number of hydrogen-bond donors (Lipinski definition) is 0. The molecule has 1 amide bonds. The Morgan fingerprint density at radius 1 is 1.47 bits per heavy atom. The average molecular weight is 204 g/mol. The van der Waals surface area contributed by atoms with Gasteiger partial charge in [-0.2, -0.15) is 4.99 Å². The molecule has 1 aromatic carbocycles. The monoisotopic (exact) mass is 204 g/mol. The quantitative estimate of drug-likeness (QED) is 0.543. The van der Waals surface area contributed by atoms with E-state index in [9.17, 15) is 9.59 Å². The number of ether oxygens (including phenoxy) is 1. The van der Waals surface area contributed by atoms with Crippen molar-refractivity contribution in [1.29, 1.82) is 0 Å². The first-order valence-corrected chi connectivity index (χ1v) is 4.43. The molecule has 1 saturated heterocycles. The van der Waals surface area contributed by atoms with Gasteiger partial charge in [-0.15, -0.1) is 0 Å². The summed E-state index contributed by atoms with van der Waals surface area (Å²) in [5, 5.41) is 0. The maximum Gasteiger partial charge on any atom is 0.414 e. The lowest BCUT2D eigenvalue weighted by atomic mass is 10.2. The zero-order valence-electron chi connectivity index (χ0n) is 7.84. The van der Waals surface area contributed by atoms with Crippen LogP contribution in [-0.2, 0) is 9.53 Å². The van der Waals surface area contributed by atoms with E-state index in [0.29, 0.717) is 24.5 Å². The predicted molar refractivity (Wildman–Crippen MR) is 52.9 cm³/mol. The highest BCUT2D eigenvalue weighted by molar-refractivity contribution is 5.89. The third-order valence-electron chi connectivity index (χ3n) is 2.08. The Morgan fingerprint density at radius 2 is 2.33 bits per heavy atom. The van der Waals surface area contributed by atoms with Gasteiger partial charge >= 0.3 is 6.09 Å². The smallest absolute Gasteiger partial charge is 0.414 e. The van der Waals surface area contributed by atoms with Gasteiger partial charge in [0.15, 0.2) is 0 Å². The van der Waals surface area contributed by atoms with Crippen molar-refractivity contribution in [2.24, 2.45) is 4.99 Å². The molecule has 1 aromatic rings. The van der Waals surface area contributed by atoms with Crippen LogP contribution in [0.3, 0.4) is 0 Å². The van der Waals surface area contributed by atoms with E-state index in [2.05, 4.69) is 4.99 Å². The Kier molecular flexibility index (Phi) is 2.48. The summed E-state index contributed by atoms with van der Waals surface area (Å²) < 4.78 is 4.80. The number of nitrogens with zero attached hydrogens (tertiary/aromatic N) is 2. The van der Waals surface area contributed by atoms with Crippen LogP contribution in [-0.4, -0.2) is 25.3 Å². The van der Waals surface area contributed by atoms with Crippen molar-refractivity contribution in [3.63, 3.8) is 0 Å². The first kappa shape index (κ1) is 9.43. The van der Waals surface area contributed by atoms with Crippen molar-refractivity contribution in [2.75, 3.05) is 18.1 Å². The lowest BCUT2D eigenvalue weighted by Gasteiger charge is -2.12. The van der Waals surface area contributed by atoms with Gasteiger partial charge < -0.3 is 4.74 Å². The first-order chi connectivity index (χ1) is 7.31. The molecule has 0 saturated carbocycles. The Bertz CT molecular complexity index is 438. The zero-order chi connectivity index (χ0) is 10.7. The molecule has 0 aliphatic carbocycles. The summed E-state index contributed by atoms with van der Waals surface area (Å²) in [6.45, 7) is 0.910. The maximum absolute atomic E-state index is 11.2. The highest BCUT2D eigenvalue weighted by atomic mass is 16.6. The lowest BCUT2D eigenvalue weighted by Crippen LogP contribution is -2.22. The number of anilines is 1. The maximum atomic E-state index is 11.2. The molecule has 0 radical (unpaired) electrons. The van der Waals surface area contributed by atoms with Gasteiger partial charge in [0.05, 0.1) is 12.2 Å². The number of cyclic esters (lactones) is 1. The van der Waals surface area contributed by atoms with Gasteiger partial charge in [0.1, 0.15) is 6.61 Å². The number of carbonyl (C=O) groups excluding carboxylic acids is 2. The second-order valence-electron chi connectivity index (χ2n) is 2.99. The summed E-state index contributed by atoms with van der Waals surface area (Å²) >= 11 is 0. The van der Waals surface area contributed by atoms with E-state index < -0.39 is 0 Å². The molecule has 0 aromatic heterocycles. The predicted octanol–water partition coefficient (Wildman–Crippen LogP) is 1.61. The Hall–Kier alpha value is -2.13. The van der Waals surface area contributed by atoms with Crippen molar-refractivity contribution in [3.8, 4) is 0 Å². The standard InChI is InChI=1S/C10H8N2O3/c13-7-11-8-2-1-3-9(6-8)12-4-5-15-10(12)14/h1-3,6H,4-5H2. The fraction of sp³-hybridized carbons (Fsp3) is 0.200. The van der Waals surface area contributed by atoms with Gasteiger partial charge in [-0.3, -0.25) is 4.90 Å². The zero-order valence-corrected chi connectivity index (χ0v) is 7.84. The van der Waals surface area contributed by atoms with Crippen LogP contribution in [0.25, 0.3) is 0 Å². The molecular weight excluding hydrogens is 196 g/mol. The first-order valence-electron chi connectivity index (χ1n) is 4.43. The average Bonchev–Trinajstić information content (AvgIpc) is 2.65. The van der Waals surface area contributed by atoms with Crippen LogP contribution in [0.4, 0.5) is 16.2 Å². The third kappa shape index (κ3) is 1.87. The molecule has 0 unspecified atom stereocenters. The van der Waals surface area contributed by atoms with Crippen LogP contribution < -0.4 is 4.90 Å². The van der Waals surface area contributed by atoms with Crippen LogP contribution in [0, 0.1) is 0 Å².